The highest BCUT2D eigenvalue weighted by molar-refractivity contribution is 5.80. The Kier molecular flexibility index (Phi) is 3.90. The van der Waals surface area contributed by atoms with Crippen LogP contribution in [-0.2, 0) is 10.2 Å². The van der Waals surface area contributed by atoms with Crippen molar-refractivity contribution < 1.29 is 19.7 Å². The molecular formula is C12H16O4. The highest BCUT2D eigenvalue weighted by Gasteiger charge is 2.34. The van der Waals surface area contributed by atoms with Crippen molar-refractivity contribution in [1.29, 1.82) is 0 Å². The highest BCUT2D eigenvalue weighted by Crippen LogP contribution is 2.29. The van der Waals surface area contributed by atoms with Gasteiger partial charge in [-0.2, -0.15) is 0 Å². The molecule has 0 aliphatic rings. The number of methoxy groups -OCH3 is 1. The fourth-order valence-electron chi connectivity index (χ4n) is 1.56. The van der Waals surface area contributed by atoms with Gasteiger partial charge in [0.05, 0.1) is 12.5 Å². The summed E-state index contributed by atoms with van der Waals surface area (Å²) in [6, 6.07) is 6.85. The average molecular weight is 224 g/mol. The summed E-state index contributed by atoms with van der Waals surface area (Å²) < 4.78 is 5.01. The normalized spacial score (nSPS) is 14.2. The summed E-state index contributed by atoms with van der Waals surface area (Å²) in [5, 5.41) is 18.1. The minimum atomic E-state index is -1.05. The molecule has 16 heavy (non-hydrogen) atoms. The van der Waals surface area contributed by atoms with E-state index in [1.807, 2.05) is 0 Å². The van der Waals surface area contributed by atoms with Gasteiger partial charge in [-0.1, -0.05) is 12.1 Å². The van der Waals surface area contributed by atoms with E-state index in [1.165, 1.54) is 0 Å². The molecule has 0 saturated heterocycles. The van der Waals surface area contributed by atoms with Crippen LogP contribution in [-0.4, -0.2) is 29.9 Å². The number of ether oxygens (including phenoxy) is 1. The molecule has 0 saturated carbocycles. The van der Waals surface area contributed by atoms with Gasteiger partial charge in [0, 0.05) is 6.61 Å². The number of hydrogen-bond acceptors (Lipinski definition) is 3. The van der Waals surface area contributed by atoms with Crippen LogP contribution >= 0.6 is 0 Å². The number of carbonyl (C=O) groups is 1. The number of hydrogen-bond donors (Lipinski definition) is 2. The van der Waals surface area contributed by atoms with Crippen LogP contribution in [0.15, 0.2) is 24.3 Å². The molecule has 0 bridgehead atoms. The van der Waals surface area contributed by atoms with E-state index in [-0.39, 0.29) is 13.0 Å². The second-order valence-electron chi connectivity index (χ2n) is 3.84. The van der Waals surface area contributed by atoms with Crippen molar-refractivity contribution in [3.05, 3.63) is 29.8 Å². The van der Waals surface area contributed by atoms with Gasteiger partial charge in [-0.05, 0) is 31.0 Å². The Balaban J connectivity index is 3.06. The van der Waals surface area contributed by atoms with Gasteiger partial charge in [-0.3, -0.25) is 4.79 Å². The molecule has 0 amide bonds. The Morgan fingerprint density at radius 3 is 2.31 bits per heavy atom. The van der Waals surface area contributed by atoms with Crippen molar-refractivity contribution in [2.24, 2.45) is 0 Å². The number of carboxylic acid groups (broad SMARTS) is 1. The van der Waals surface area contributed by atoms with Gasteiger partial charge < -0.3 is 14.9 Å². The SMILES string of the molecule is COc1ccc(C(C)(CCO)C(=O)O)cc1. The molecular weight excluding hydrogens is 208 g/mol. The first kappa shape index (κ1) is 12.5. The van der Waals surface area contributed by atoms with E-state index in [4.69, 9.17) is 9.84 Å². The Labute approximate surface area is 94.5 Å². The number of aliphatic hydroxyl groups is 1. The Morgan fingerprint density at radius 2 is 1.94 bits per heavy atom. The lowest BCUT2D eigenvalue weighted by Crippen LogP contribution is -2.33. The van der Waals surface area contributed by atoms with Crippen LogP contribution in [0.2, 0.25) is 0 Å². The number of benzene rings is 1. The van der Waals surface area contributed by atoms with Gasteiger partial charge in [0.2, 0.25) is 0 Å². The Hall–Kier alpha value is -1.55. The molecule has 0 spiro atoms. The minimum Gasteiger partial charge on any atom is -0.497 e. The zero-order chi connectivity index (χ0) is 12.2. The predicted molar refractivity (Wildman–Crippen MR) is 59.7 cm³/mol. The van der Waals surface area contributed by atoms with E-state index >= 15 is 0 Å². The first-order chi connectivity index (χ1) is 7.54. The van der Waals surface area contributed by atoms with Crippen LogP contribution in [0.25, 0.3) is 0 Å². The molecule has 0 aromatic heterocycles. The van der Waals surface area contributed by atoms with Gasteiger partial charge in [0.1, 0.15) is 5.75 Å². The molecule has 0 radical (unpaired) electrons. The second kappa shape index (κ2) is 4.99. The van der Waals surface area contributed by atoms with Gasteiger partial charge in [0.25, 0.3) is 0 Å². The third kappa shape index (κ3) is 2.33. The Bertz CT molecular complexity index is 358. The third-order valence-corrected chi connectivity index (χ3v) is 2.81. The molecule has 0 heterocycles. The van der Waals surface area contributed by atoms with Gasteiger partial charge in [-0.25, -0.2) is 0 Å². The minimum absolute atomic E-state index is 0.158. The van der Waals surface area contributed by atoms with Gasteiger partial charge in [0.15, 0.2) is 0 Å². The van der Waals surface area contributed by atoms with Gasteiger partial charge in [-0.15, -0.1) is 0 Å². The lowest BCUT2D eigenvalue weighted by Gasteiger charge is -2.24. The van der Waals surface area contributed by atoms with Crippen LogP contribution in [0.4, 0.5) is 0 Å². The molecule has 4 heteroatoms. The molecule has 1 aromatic carbocycles. The average Bonchev–Trinajstić information content (AvgIpc) is 2.29. The van der Waals surface area contributed by atoms with E-state index in [2.05, 4.69) is 0 Å². The monoisotopic (exact) mass is 224 g/mol. The second-order valence-corrected chi connectivity index (χ2v) is 3.84. The molecule has 0 fully saturated rings. The summed E-state index contributed by atoms with van der Waals surface area (Å²) in [4.78, 5) is 11.2. The smallest absolute Gasteiger partial charge is 0.313 e. The summed E-state index contributed by atoms with van der Waals surface area (Å²) in [6.07, 6.45) is 0.189. The van der Waals surface area contributed by atoms with Crippen molar-refractivity contribution in [2.45, 2.75) is 18.8 Å². The Morgan fingerprint density at radius 1 is 1.38 bits per heavy atom. The topological polar surface area (TPSA) is 66.8 Å². The van der Waals surface area contributed by atoms with Crippen molar-refractivity contribution >= 4 is 5.97 Å². The van der Waals surface area contributed by atoms with Crippen LogP contribution in [0.5, 0.6) is 5.75 Å². The molecule has 1 atom stereocenters. The zero-order valence-corrected chi connectivity index (χ0v) is 9.43. The number of carboxylic acids is 1. The van der Waals surface area contributed by atoms with Crippen molar-refractivity contribution in [1.82, 2.24) is 0 Å². The van der Waals surface area contributed by atoms with E-state index < -0.39 is 11.4 Å². The maximum Gasteiger partial charge on any atom is 0.313 e. The van der Waals surface area contributed by atoms with E-state index in [0.717, 1.165) is 0 Å². The molecule has 88 valence electrons. The predicted octanol–water partition coefficient (Wildman–Crippen LogP) is 1.42. The molecule has 4 nitrogen and oxygen atoms in total. The fraction of sp³-hybridized carbons (Fsp3) is 0.417. The molecule has 2 N–H and O–H groups in total. The van der Waals surface area contributed by atoms with Crippen molar-refractivity contribution in [3.8, 4) is 5.75 Å². The summed E-state index contributed by atoms with van der Waals surface area (Å²) in [6.45, 7) is 1.45. The van der Waals surface area contributed by atoms with Crippen LogP contribution in [0.3, 0.4) is 0 Å². The summed E-state index contributed by atoms with van der Waals surface area (Å²) >= 11 is 0. The van der Waals surface area contributed by atoms with Crippen LogP contribution in [0.1, 0.15) is 18.9 Å². The summed E-state index contributed by atoms with van der Waals surface area (Å²) in [5.41, 5.74) is -0.393. The summed E-state index contributed by atoms with van der Waals surface area (Å²) in [5.74, 6) is -0.257. The maximum absolute atomic E-state index is 11.2. The van der Waals surface area contributed by atoms with Crippen LogP contribution < -0.4 is 4.74 Å². The van der Waals surface area contributed by atoms with E-state index in [1.54, 1.807) is 38.3 Å². The lowest BCUT2D eigenvalue weighted by molar-refractivity contribution is -0.143. The molecule has 1 unspecified atom stereocenters. The quantitative estimate of drug-likeness (QED) is 0.793. The van der Waals surface area contributed by atoms with Crippen molar-refractivity contribution in [2.75, 3.05) is 13.7 Å². The summed E-state index contributed by atoms with van der Waals surface area (Å²) in [7, 11) is 1.55. The van der Waals surface area contributed by atoms with E-state index in [9.17, 15) is 9.90 Å². The van der Waals surface area contributed by atoms with Crippen LogP contribution in [0, 0.1) is 0 Å². The largest absolute Gasteiger partial charge is 0.497 e. The number of aliphatic carboxylic acids is 1. The van der Waals surface area contributed by atoms with E-state index in [0.29, 0.717) is 11.3 Å². The highest BCUT2D eigenvalue weighted by atomic mass is 16.5. The molecule has 0 aliphatic carbocycles. The third-order valence-electron chi connectivity index (χ3n) is 2.81. The maximum atomic E-state index is 11.2. The standard InChI is InChI=1S/C12H16O4/c1-12(7-8-13,11(14)15)9-3-5-10(16-2)6-4-9/h3-6,13H,7-8H2,1-2H3,(H,14,15). The fourth-order valence-corrected chi connectivity index (χ4v) is 1.56. The number of aliphatic hydroxyl groups excluding tert-OH is 1. The van der Waals surface area contributed by atoms with Gasteiger partial charge >= 0.3 is 5.97 Å². The van der Waals surface area contributed by atoms with Crippen molar-refractivity contribution in [3.63, 3.8) is 0 Å². The zero-order valence-electron chi connectivity index (χ0n) is 9.43. The first-order valence-electron chi connectivity index (χ1n) is 5.03. The molecule has 1 rings (SSSR count). The first-order valence-corrected chi connectivity index (χ1v) is 5.03. The molecule has 1 aromatic rings. The number of rotatable bonds is 5. The lowest BCUT2D eigenvalue weighted by atomic mass is 9.80. The molecule has 0 aliphatic heterocycles.